The minimum absolute atomic E-state index is 0.0443. The fourth-order valence-electron chi connectivity index (χ4n) is 1.95. The Bertz CT molecular complexity index is 908. The average molecular weight is 378 g/mol. The summed E-state index contributed by atoms with van der Waals surface area (Å²) in [5, 5.41) is 9.69. The van der Waals surface area contributed by atoms with E-state index in [2.05, 4.69) is 20.4 Å². The number of carbonyl (C=O) groups excluding carboxylic acids is 2. The van der Waals surface area contributed by atoms with Crippen LogP contribution in [-0.4, -0.2) is 38.9 Å². The quantitative estimate of drug-likeness (QED) is 0.396. The van der Waals surface area contributed by atoms with Gasteiger partial charge >= 0.3 is 5.97 Å². The van der Waals surface area contributed by atoms with Crippen LogP contribution in [0.15, 0.2) is 33.4 Å². The number of anilines is 1. The Balaban J connectivity index is 1.51. The molecule has 0 fully saturated rings. The van der Waals surface area contributed by atoms with Crippen molar-refractivity contribution in [2.24, 2.45) is 0 Å². The number of hydrogen-bond acceptors (Lipinski definition) is 9. The Morgan fingerprint density at radius 2 is 2.28 bits per heavy atom. The molecule has 0 radical (unpaired) electrons. The van der Waals surface area contributed by atoms with Crippen LogP contribution in [0.1, 0.15) is 12.7 Å². The fraction of sp³-hybridized carbons (Fsp3) is 0.267. The summed E-state index contributed by atoms with van der Waals surface area (Å²) in [6, 6.07) is 3.48. The molecule has 1 amide bonds. The first-order valence-corrected chi connectivity index (χ1v) is 9.14. The van der Waals surface area contributed by atoms with Gasteiger partial charge in [0.05, 0.1) is 5.75 Å². The molecule has 25 heavy (non-hydrogen) atoms. The maximum absolute atomic E-state index is 12.0. The lowest BCUT2D eigenvalue weighted by atomic mass is 10.3. The standard InChI is InChI=1S/C15H14N4O4S2/c1-8-5-11(19-23-8)18-13(21)9(2)22-12(20)6-25-15-10-3-4-24-14(10)16-7-17-15/h3-5,7,9H,6H2,1-2H3,(H,18,19,21)/t9-/m1/s1. The van der Waals surface area contributed by atoms with Crippen LogP contribution in [0, 0.1) is 6.92 Å². The van der Waals surface area contributed by atoms with Gasteiger partial charge in [0.15, 0.2) is 11.9 Å². The summed E-state index contributed by atoms with van der Waals surface area (Å²) >= 11 is 2.75. The van der Waals surface area contributed by atoms with E-state index in [-0.39, 0.29) is 11.6 Å². The molecule has 0 aromatic carbocycles. The van der Waals surface area contributed by atoms with Crippen LogP contribution >= 0.6 is 23.1 Å². The van der Waals surface area contributed by atoms with Crippen molar-refractivity contribution in [1.29, 1.82) is 0 Å². The molecule has 1 N–H and O–H groups in total. The number of fused-ring (bicyclic) bond motifs is 1. The number of thioether (sulfide) groups is 1. The van der Waals surface area contributed by atoms with E-state index in [1.165, 1.54) is 36.3 Å². The third kappa shape index (κ3) is 4.34. The number of ether oxygens (including phenoxy) is 1. The van der Waals surface area contributed by atoms with E-state index in [0.29, 0.717) is 10.8 Å². The summed E-state index contributed by atoms with van der Waals surface area (Å²) in [6.07, 6.45) is 0.513. The van der Waals surface area contributed by atoms with E-state index in [1.807, 2.05) is 11.4 Å². The first-order chi connectivity index (χ1) is 12.0. The van der Waals surface area contributed by atoms with Crippen molar-refractivity contribution in [3.05, 3.63) is 29.6 Å². The maximum Gasteiger partial charge on any atom is 0.317 e. The third-order valence-corrected chi connectivity index (χ3v) is 4.91. The molecule has 0 spiro atoms. The highest BCUT2D eigenvalue weighted by atomic mass is 32.2. The highest BCUT2D eigenvalue weighted by Crippen LogP contribution is 2.27. The van der Waals surface area contributed by atoms with Crippen molar-refractivity contribution in [3.8, 4) is 0 Å². The second-order valence-electron chi connectivity index (χ2n) is 5.05. The Hall–Kier alpha value is -2.46. The van der Waals surface area contributed by atoms with Gasteiger partial charge in [0.25, 0.3) is 5.91 Å². The lowest BCUT2D eigenvalue weighted by Crippen LogP contribution is -2.30. The minimum atomic E-state index is -0.948. The molecule has 3 heterocycles. The zero-order valence-electron chi connectivity index (χ0n) is 13.4. The molecule has 8 nitrogen and oxygen atoms in total. The van der Waals surface area contributed by atoms with Gasteiger partial charge in [0, 0.05) is 11.5 Å². The first-order valence-electron chi connectivity index (χ1n) is 7.27. The number of nitrogens with zero attached hydrogens (tertiary/aromatic N) is 3. The van der Waals surface area contributed by atoms with Crippen LogP contribution in [0.3, 0.4) is 0 Å². The van der Waals surface area contributed by atoms with Crippen LogP contribution in [-0.2, 0) is 14.3 Å². The molecule has 0 aliphatic heterocycles. The zero-order valence-corrected chi connectivity index (χ0v) is 15.0. The molecular formula is C15H14N4O4S2. The van der Waals surface area contributed by atoms with Crippen LogP contribution < -0.4 is 5.32 Å². The molecule has 0 bridgehead atoms. The second kappa shape index (κ2) is 7.62. The first kappa shape index (κ1) is 17.4. The topological polar surface area (TPSA) is 107 Å². The molecule has 130 valence electrons. The lowest BCUT2D eigenvalue weighted by molar-refractivity contribution is -0.150. The monoisotopic (exact) mass is 378 g/mol. The highest BCUT2D eigenvalue weighted by Gasteiger charge is 2.19. The Morgan fingerprint density at radius 1 is 1.44 bits per heavy atom. The SMILES string of the molecule is Cc1cc(NC(=O)[C@@H](C)OC(=O)CSc2ncnc3sccc23)no1. The molecule has 0 unspecified atom stereocenters. The van der Waals surface area contributed by atoms with Gasteiger partial charge in [0.2, 0.25) is 0 Å². The molecule has 0 saturated carbocycles. The molecular weight excluding hydrogens is 364 g/mol. The van der Waals surface area contributed by atoms with Crippen molar-refractivity contribution < 1.29 is 18.8 Å². The zero-order chi connectivity index (χ0) is 17.8. The fourth-order valence-corrected chi connectivity index (χ4v) is 3.51. The molecule has 3 aromatic rings. The molecule has 0 aliphatic rings. The van der Waals surface area contributed by atoms with E-state index >= 15 is 0 Å². The van der Waals surface area contributed by atoms with Gasteiger partial charge < -0.3 is 14.6 Å². The normalized spacial score (nSPS) is 12.1. The number of nitrogens with one attached hydrogen (secondary N) is 1. The van der Waals surface area contributed by atoms with Gasteiger partial charge in [-0.15, -0.1) is 11.3 Å². The predicted molar refractivity (Wildman–Crippen MR) is 93.6 cm³/mol. The molecule has 1 atom stereocenters. The number of aryl methyl sites for hydroxylation is 1. The summed E-state index contributed by atoms with van der Waals surface area (Å²) in [5.41, 5.74) is 0. The summed E-state index contributed by atoms with van der Waals surface area (Å²) in [5.74, 6) is -0.0933. The summed E-state index contributed by atoms with van der Waals surface area (Å²) in [6.45, 7) is 3.20. The number of thiophene rings is 1. The predicted octanol–water partition coefficient (Wildman–Crippen LogP) is 2.65. The van der Waals surface area contributed by atoms with Crippen molar-refractivity contribution in [2.75, 3.05) is 11.1 Å². The van der Waals surface area contributed by atoms with Crippen LogP contribution in [0.5, 0.6) is 0 Å². The summed E-state index contributed by atoms with van der Waals surface area (Å²) in [7, 11) is 0. The molecule has 3 rings (SSSR count). The largest absolute Gasteiger partial charge is 0.452 e. The van der Waals surface area contributed by atoms with Gasteiger partial charge in [0.1, 0.15) is 21.9 Å². The summed E-state index contributed by atoms with van der Waals surface area (Å²) < 4.78 is 9.99. The second-order valence-corrected chi connectivity index (χ2v) is 6.91. The maximum atomic E-state index is 12.0. The van der Waals surface area contributed by atoms with E-state index < -0.39 is 18.0 Å². The molecule has 3 aromatic heterocycles. The van der Waals surface area contributed by atoms with E-state index in [0.717, 1.165) is 10.2 Å². The van der Waals surface area contributed by atoms with Gasteiger partial charge in [-0.1, -0.05) is 16.9 Å². The van der Waals surface area contributed by atoms with E-state index in [4.69, 9.17) is 9.26 Å². The number of rotatable bonds is 6. The van der Waals surface area contributed by atoms with Crippen molar-refractivity contribution in [1.82, 2.24) is 15.1 Å². The van der Waals surface area contributed by atoms with Crippen LogP contribution in [0.4, 0.5) is 5.82 Å². The van der Waals surface area contributed by atoms with Gasteiger partial charge in [-0.05, 0) is 25.3 Å². The number of hydrogen-bond donors (Lipinski definition) is 1. The number of aromatic nitrogens is 3. The molecule has 0 aliphatic carbocycles. The Labute approximate surface area is 151 Å². The van der Waals surface area contributed by atoms with Crippen molar-refractivity contribution in [2.45, 2.75) is 25.0 Å². The minimum Gasteiger partial charge on any atom is -0.452 e. The van der Waals surface area contributed by atoms with E-state index in [9.17, 15) is 9.59 Å². The number of amides is 1. The third-order valence-electron chi connectivity index (χ3n) is 3.11. The smallest absolute Gasteiger partial charge is 0.317 e. The summed E-state index contributed by atoms with van der Waals surface area (Å²) in [4.78, 5) is 33.1. The van der Waals surface area contributed by atoms with Crippen LogP contribution in [0.2, 0.25) is 0 Å². The average Bonchev–Trinajstić information content (AvgIpc) is 3.21. The molecule has 0 saturated heterocycles. The van der Waals surface area contributed by atoms with Gasteiger partial charge in [-0.3, -0.25) is 9.59 Å². The number of carbonyl (C=O) groups is 2. The van der Waals surface area contributed by atoms with Crippen LogP contribution in [0.25, 0.3) is 10.2 Å². The Kier molecular flexibility index (Phi) is 5.29. The van der Waals surface area contributed by atoms with Gasteiger partial charge in [-0.2, -0.15) is 0 Å². The van der Waals surface area contributed by atoms with E-state index in [1.54, 1.807) is 13.0 Å². The lowest BCUT2D eigenvalue weighted by Gasteiger charge is -2.12. The van der Waals surface area contributed by atoms with Crippen molar-refractivity contribution >= 4 is 51.0 Å². The van der Waals surface area contributed by atoms with Gasteiger partial charge in [-0.25, -0.2) is 9.97 Å². The highest BCUT2D eigenvalue weighted by molar-refractivity contribution is 8.00. The van der Waals surface area contributed by atoms with Crippen molar-refractivity contribution in [3.63, 3.8) is 0 Å². The molecule has 10 heteroatoms. The number of esters is 1. The Morgan fingerprint density at radius 3 is 3.04 bits per heavy atom.